The predicted octanol–water partition coefficient (Wildman–Crippen LogP) is 4.83. The molecule has 2 aromatic carbocycles. The van der Waals surface area contributed by atoms with Crippen molar-refractivity contribution in [2.45, 2.75) is 26.8 Å². The zero-order valence-electron chi connectivity index (χ0n) is 16.7. The van der Waals surface area contributed by atoms with Gasteiger partial charge in [-0.25, -0.2) is 9.97 Å². The number of rotatable bonds is 6. The highest BCUT2D eigenvalue weighted by atomic mass is 16.1. The normalized spacial score (nSPS) is 12.3. The number of anilines is 1. The number of hydrogen-bond acceptors (Lipinski definition) is 5. The van der Waals surface area contributed by atoms with E-state index in [0.717, 1.165) is 16.6 Å². The summed E-state index contributed by atoms with van der Waals surface area (Å²) in [5.41, 5.74) is 3.50. The number of fused-ring (bicyclic) bond motifs is 1. The van der Waals surface area contributed by atoms with E-state index >= 15 is 0 Å². The van der Waals surface area contributed by atoms with E-state index in [1.54, 1.807) is 12.5 Å². The number of hydrogen-bond donors (Lipinski definition) is 1. The highest BCUT2D eigenvalue weighted by Crippen LogP contribution is 2.21. The number of carbonyl (C=O) groups excluding carboxylic acids is 1. The fourth-order valence-corrected chi connectivity index (χ4v) is 3.25. The third kappa shape index (κ3) is 3.87. The Hall–Kier alpha value is -3.54. The lowest BCUT2D eigenvalue weighted by Crippen LogP contribution is -2.10. The Labute approximate surface area is 169 Å². The average Bonchev–Trinajstić information content (AvgIpc) is 3.17. The molecule has 0 aliphatic heterocycles. The molecule has 0 spiro atoms. The van der Waals surface area contributed by atoms with Crippen molar-refractivity contribution < 1.29 is 4.79 Å². The van der Waals surface area contributed by atoms with Gasteiger partial charge in [0, 0.05) is 17.7 Å². The number of nitrogens with zero attached hydrogens (tertiary/aromatic N) is 4. The average molecular weight is 385 g/mol. The topological polar surface area (TPSA) is 72.7 Å². The van der Waals surface area contributed by atoms with Crippen LogP contribution in [0, 0.1) is 5.92 Å². The minimum atomic E-state index is -0.0448. The summed E-state index contributed by atoms with van der Waals surface area (Å²) in [5.74, 6) is 1.34. The molecule has 0 aliphatic carbocycles. The highest BCUT2D eigenvalue weighted by molar-refractivity contribution is 6.00. The van der Waals surface area contributed by atoms with Crippen LogP contribution in [-0.4, -0.2) is 25.3 Å². The van der Waals surface area contributed by atoms with Crippen LogP contribution in [0.1, 0.15) is 42.7 Å². The quantitative estimate of drug-likeness (QED) is 0.481. The van der Waals surface area contributed by atoms with Gasteiger partial charge in [-0.05, 0) is 36.8 Å². The number of imidazole rings is 1. The van der Waals surface area contributed by atoms with Crippen LogP contribution in [0.2, 0.25) is 0 Å². The third-order valence-electron chi connectivity index (χ3n) is 4.89. The van der Waals surface area contributed by atoms with Crippen LogP contribution in [0.15, 0.2) is 67.1 Å². The molecule has 6 nitrogen and oxygen atoms in total. The first-order valence-corrected chi connectivity index (χ1v) is 9.69. The van der Waals surface area contributed by atoms with Gasteiger partial charge in [0.25, 0.3) is 0 Å². The molecular formula is C23H23N5O. The van der Waals surface area contributed by atoms with E-state index in [-0.39, 0.29) is 17.7 Å². The molecular weight excluding hydrogens is 362 g/mol. The number of ketones is 1. The molecule has 0 saturated carbocycles. The van der Waals surface area contributed by atoms with Crippen molar-refractivity contribution in [3.05, 3.63) is 78.2 Å². The van der Waals surface area contributed by atoms with Gasteiger partial charge in [-0.3, -0.25) is 9.36 Å². The maximum Gasteiger partial charge on any atom is 0.225 e. The van der Waals surface area contributed by atoms with Crippen molar-refractivity contribution in [3.8, 4) is 5.82 Å². The van der Waals surface area contributed by atoms with E-state index in [9.17, 15) is 4.79 Å². The Morgan fingerprint density at radius 1 is 1.00 bits per heavy atom. The summed E-state index contributed by atoms with van der Waals surface area (Å²) in [5, 5.41) is 3.34. The smallest absolute Gasteiger partial charge is 0.225 e. The van der Waals surface area contributed by atoms with Crippen molar-refractivity contribution in [1.29, 1.82) is 0 Å². The molecule has 29 heavy (non-hydrogen) atoms. The second-order valence-electron chi connectivity index (χ2n) is 7.35. The zero-order valence-corrected chi connectivity index (χ0v) is 16.7. The molecule has 0 unspecified atom stereocenters. The molecule has 2 heterocycles. The van der Waals surface area contributed by atoms with Crippen LogP contribution in [-0.2, 0) is 0 Å². The van der Waals surface area contributed by atoms with Crippen LogP contribution in [0.3, 0.4) is 0 Å². The maximum atomic E-state index is 12.3. The summed E-state index contributed by atoms with van der Waals surface area (Å²) in [4.78, 5) is 25.7. The minimum absolute atomic E-state index is 0.0448. The van der Waals surface area contributed by atoms with Gasteiger partial charge in [-0.2, -0.15) is 4.98 Å². The Kier molecular flexibility index (Phi) is 5.08. The van der Waals surface area contributed by atoms with E-state index in [1.165, 1.54) is 0 Å². The number of carbonyl (C=O) groups is 1. The van der Waals surface area contributed by atoms with Gasteiger partial charge in [-0.15, -0.1) is 0 Å². The minimum Gasteiger partial charge on any atom is -0.348 e. The predicted molar refractivity (Wildman–Crippen MR) is 114 cm³/mol. The molecule has 1 N–H and O–H groups in total. The largest absolute Gasteiger partial charge is 0.348 e. The molecule has 4 rings (SSSR count). The van der Waals surface area contributed by atoms with Crippen LogP contribution in [0.25, 0.3) is 16.9 Å². The monoisotopic (exact) mass is 385 g/mol. The van der Waals surface area contributed by atoms with E-state index in [2.05, 4.69) is 39.3 Å². The van der Waals surface area contributed by atoms with Gasteiger partial charge in [0.05, 0.1) is 17.1 Å². The molecule has 0 bridgehead atoms. The molecule has 4 aromatic rings. The molecule has 0 fully saturated rings. The standard InChI is InChI=1S/C23H23N5O/c1-15(2)22(29)18-9-10-20-19(13-18)25-14-28(20)21-11-12-24-23(27-21)26-16(3)17-7-5-4-6-8-17/h4-16H,1-3H3,(H,24,26,27)/t16-/m0/s1. The van der Waals surface area contributed by atoms with Gasteiger partial charge in [-0.1, -0.05) is 44.2 Å². The van der Waals surface area contributed by atoms with Crippen LogP contribution < -0.4 is 5.32 Å². The fourth-order valence-electron chi connectivity index (χ4n) is 3.25. The first kappa shape index (κ1) is 18.8. The number of benzene rings is 2. The Bertz CT molecular complexity index is 1150. The van der Waals surface area contributed by atoms with Crippen LogP contribution >= 0.6 is 0 Å². The Morgan fingerprint density at radius 3 is 2.55 bits per heavy atom. The molecule has 0 amide bonds. The second kappa shape index (κ2) is 7.83. The van der Waals surface area contributed by atoms with E-state index < -0.39 is 0 Å². The Balaban J connectivity index is 1.63. The van der Waals surface area contributed by atoms with Crippen molar-refractivity contribution in [2.75, 3.05) is 5.32 Å². The molecule has 0 saturated heterocycles. The summed E-state index contributed by atoms with van der Waals surface area (Å²) in [6, 6.07) is 17.7. The van der Waals surface area contributed by atoms with Crippen molar-refractivity contribution in [2.24, 2.45) is 5.92 Å². The number of aromatic nitrogens is 4. The fraction of sp³-hybridized carbons (Fsp3) is 0.217. The number of nitrogens with one attached hydrogen (secondary N) is 1. The molecule has 2 aromatic heterocycles. The van der Waals surface area contributed by atoms with Gasteiger partial charge < -0.3 is 5.32 Å². The van der Waals surface area contributed by atoms with Crippen molar-refractivity contribution in [1.82, 2.24) is 19.5 Å². The summed E-state index contributed by atoms with van der Waals surface area (Å²) < 4.78 is 1.90. The lowest BCUT2D eigenvalue weighted by Gasteiger charge is -2.14. The third-order valence-corrected chi connectivity index (χ3v) is 4.89. The van der Waals surface area contributed by atoms with Crippen LogP contribution in [0.5, 0.6) is 0 Å². The van der Waals surface area contributed by atoms with Crippen molar-refractivity contribution >= 4 is 22.8 Å². The van der Waals surface area contributed by atoms with E-state index in [4.69, 9.17) is 0 Å². The van der Waals surface area contributed by atoms with Gasteiger partial charge in [0.2, 0.25) is 5.95 Å². The summed E-state index contributed by atoms with van der Waals surface area (Å²) in [6.45, 7) is 5.87. The highest BCUT2D eigenvalue weighted by Gasteiger charge is 2.14. The summed E-state index contributed by atoms with van der Waals surface area (Å²) in [6.07, 6.45) is 3.45. The molecule has 1 atom stereocenters. The van der Waals surface area contributed by atoms with Gasteiger partial charge in [0.15, 0.2) is 5.78 Å². The van der Waals surface area contributed by atoms with Crippen LogP contribution in [0.4, 0.5) is 5.95 Å². The van der Waals surface area contributed by atoms with E-state index in [0.29, 0.717) is 17.3 Å². The Morgan fingerprint density at radius 2 is 1.79 bits per heavy atom. The lowest BCUT2D eigenvalue weighted by molar-refractivity contribution is 0.0939. The first-order valence-electron chi connectivity index (χ1n) is 9.69. The summed E-state index contributed by atoms with van der Waals surface area (Å²) in [7, 11) is 0. The molecule has 0 radical (unpaired) electrons. The molecule has 146 valence electrons. The van der Waals surface area contributed by atoms with Gasteiger partial charge in [0.1, 0.15) is 12.1 Å². The van der Waals surface area contributed by atoms with Crippen molar-refractivity contribution in [3.63, 3.8) is 0 Å². The zero-order chi connectivity index (χ0) is 20.4. The summed E-state index contributed by atoms with van der Waals surface area (Å²) >= 11 is 0. The SMILES string of the molecule is CC(C)C(=O)c1ccc2c(c1)ncn2-c1ccnc(N[C@@H](C)c2ccccc2)n1. The number of Topliss-reactive ketones (excluding diaryl/α,β-unsaturated/α-hetero) is 1. The maximum absolute atomic E-state index is 12.3. The van der Waals surface area contributed by atoms with Gasteiger partial charge >= 0.3 is 0 Å². The molecule has 6 heteroatoms. The van der Waals surface area contributed by atoms with E-state index in [1.807, 2.05) is 60.9 Å². The molecule has 0 aliphatic rings. The lowest BCUT2D eigenvalue weighted by atomic mass is 10.0. The second-order valence-corrected chi connectivity index (χ2v) is 7.35. The first-order chi connectivity index (χ1) is 14.0.